The summed E-state index contributed by atoms with van der Waals surface area (Å²) in [5, 5.41) is 3.07. The van der Waals surface area contributed by atoms with E-state index in [1.54, 1.807) is 4.90 Å². The van der Waals surface area contributed by atoms with Gasteiger partial charge in [-0.1, -0.05) is 70.5 Å². The van der Waals surface area contributed by atoms with Gasteiger partial charge in [0.15, 0.2) is 0 Å². The summed E-state index contributed by atoms with van der Waals surface area (Å²) in [6.45, 7) is 9.92. The van der Waals surface area contributed by atoms with Gasteiger partial charge in [-0.15, -0.1) is 0 Å². The van der Waals surface area contributed by atoms with Crippen molar-refractivity contribution in [1.82, 2.24) is 10.2 Å². The van der Waals surface area contributed by atoms with Crippen LogP contribution in [-0.4, -0.2) is 49.5 Å². The van der Waals surface area contributed by atoms with Gasteiger partial charge in [-0.2, -0.15) is 0 Å². The fourth-order valence-electron chi connectivity index (χ4n) is 4.81. The van der Waals surface area contributed by atoms with Crippen LogP contribution >= 0.6 is 15.9 Å². The van der Waals surface area contributed by atoms with Gasteiger partial charge < -0.3 is 10.2 Å². The van der Waals surface area contributed by atoms with Crippen molar-refractivity contribution in [3.05, 3.63) is 99.5 Å². The maximum Gasteiger partial charge on any atom is 0.243 e. The number of nitrogens with one attached hydrogen (secondary N) is 1. The highest BCUT2D eigenvalue weighted by Gasteiger charge is 2.32. The molecule has 0 heterocycles. The van der Waals surface area contributed by atoms with Crippen molar-refractivity contribution in [3.63, 3.8) is 0 Å². The van der Waals surface area contributed by atoms with Crippen LogP contribution in [-0.2, 0) is 32.6 Å². The maximum atomic E-state index is 14.0. The number of rotatable bonds is 12. The third-order valence-electron chi connectivity index (χ3n) is 6.80. The fourth-order valence-corrected chi connectivity index (χ4v) is 6.27. The van der Waals surface area contributed by atoms with Crippen LogP contribution in [0.1, 0.15) is 55.9 Å². The Kier molecular flexibility index (Phi) is 11.4. The maximum absolute atomic E-state index is 14.0. The molecular weight excluding hydrogens is 614 g/mol. The molecule has 0 fully saturated rings. The van der Waals surface area contributed by atoms with Gasteiger partial charge in [-0.05, 0) is 81.5 Å². The quantitative estimate of drug-likeness (QED) is 0.253. The summed E-state index contributed by atoms with van der Waals surface area (Å²) < 4.78 is 27.8. The van der Waals surface area contributed by atoms with E-state index in [0.717, 1.165) is 26.7 Å². The van der Waals surface area contributed by atoms with E-state index in [0.29, 0.717) is 18.5 Å². The minimum atomic E-state index is -3.58. The third kappa shape index (κ3) is 9.98. The highest BCUT2D eigenvalue weighted by atomic mass is 79.9. The number of halogens is 1. The summed E-state index contributed by atoms with van der Waals surface area (Å²) in [7, 11) is -3.58. The van der Waals surface area contributed by atoms with E-state index in [-0.39, 0.29) is 31.3 Å². The molecule has 3 aromatic carbocycles. The Morgan fingerprint density at radius 3 is 2.21 bits per heavy atom. The van der Waals surface area contributed by atoms with Crippen molar-refractivity contribution in [2.75, 3.05) is 17.1 Å². The first kappa shape index (κ1) is 33.3. The van der Waals surface area contributed by atoms with E-state index in [1.165, 1.54) is 10.6 Å². The molecule has 3 aromatic rings. The zero-order chi connectivity index (χ0) is 31.1. The van der Waals surface area contributed by atoms with Crippen molar-refractivity contribution >= 4 is 43.5 Å². The van der Waals surface area contributed by atoms with Gasteiger partial charge in [0, 0.05) is 35.9 Å². The summed E-state index contributed by atoms with van der Waals surface area (Å²) in [6.07, 6.45) is 1.91. The van der Waals surface area contributed by atoms with Crippen LogP contribution in [0.5, 0.6) is 0 Å². The van der Waals surface area contributed by atoms with Crippen LogP contribution in [0, 0.1) is 13.8 Å². The van der Waals surface area contributed by atoms with E-state index >= 15 is 0 Å². The van der Waals surface area contributed by atoms with Crippen molar-refractivity contribution < 1.29 is 18.0 Å². The first-order valence-corrected chi connectivity index (χ1v) is 16.7. The second kappa shape index (κ2) is 14.3. The Labute approximate surface area is 259 Å². The fraction of sp³-hybridized carbons (Fsp3) is 0.394. The number of anilines is 1. The number of carbonyl (C=O) groups excluding carboxylic acids is 2. The normalized spacial score (nSPS) is 12.5. The smallest absolute Gasteiger partial charge is 0.243 e. The highest BCUT2D eigenvalue weighted by molar-refractivity contribution is 9.10. The third-order valence-corrected chi connectivity index (χ3v) is 8.47. The number of hydrogen-bond donors (Lipinski definition) is 1. The molecule has 1 atom stereocenters. The predicted molar refractivity (Wildman–Crippen MR) is 174 cm³/mol. The molecule has 1 N–H and O–H groups in total. The largest absolute Gasteiger partial charge is 0.350 e. The van der Waals surface area contributed by atoms with Gasteiger partial charge >= 0.3 is 0 Å². The molecule has 1 unspecified atom stereocenters. The number of hydrogen-bond acceptors (Lipinski definition) is 4. The molecule has 0 bridgehead atoms. The minimum absolute atomic E-state index is 0.0823. The Morgan fingerprint density at radius 2 is 1.60 bits per heavy atom. The topological polar surface area (TPSA) is 86.8 Å². The van der Waals surface area contributed by atoms with Crippen molar-refractivity contribution in [3.8, 4) is 0 Å². The number of nitrogens with zero attached hydrogens (tertiary/aromatic N) is 2. The lowest BCUT2D eigenvalue weighted by Crippen LogP contribution is -2.54. The zero-order valence-corrected chi connectivity index (χ0v) is 27.8. The van der Waals surface area contributed by atoms with E-state index in [2.05, 4.69) is 21.2 Å². The second-order valence-electron chi connectivity index (χ2n) is 11.8. The van der Waals surface area contributed by atoms with Gasteiger partial charge in [0.05, 0.1) is 11.9 Å². The lowest BCUT2D eigenvalue weighted by atomic mass is 10.00. The molecule has 7 nitrogen and oxygen atoms in total. The average molecular weight is 657 g/mol. The standard InChI is InChI=1S/C33H42BrN3O4S/c1-24-17-18-25(2)29(20-24)37(42(6,40)41)19-11-16-31(38)36(23-27-14-10-15-28(34)21-27)30(32(39)35-33(3,4)5)22-26-12-8-7-9-13-26/h7-10,12-15,17-18,20-21,30H,11,16,19,22-23H2,1-6H3,(H,35,39). The molecule has 0 spiro atoms. The lowest BCUT2D eigenvalue weighted by Gasteiger charge is -2.34. The molecule has 0 aliphatic carbocycles. The molecular formula is C33H42BrN3O4S. The second-order valence-corrected chi connectivity index (χ2v) is 14.6. The molecule has 42 heavy (non-hydrogen) atoms. The number of sulfonamides is 1. The van der Waals surface area contributed by atoms with E-state index in [4.69, 9.17) is 0 Å². The van der Waals surface area contributed by atoms with Crippen LogP contribution in [0.3, 0.4) is 0 Å². The minimum Gasteiger partial charge on any atom is -0.350 e. The van der Waals surface area contributed by atoms with E-state index in [1.807, 2.05) is 107 Å². The van der Waals surface area contributed by atoms with Gasteiger partial charge in [-0.3, -0.25) is 13.9 Å². The molecule has 0 aromatic heterocycles. The first-order valence-electron chi connectivity index (χ1n) is 14.1. The molecule has 0 aliphatic rings. The molecule has 3 rings (SSSR count). The molecule has 226 valence electrons. The number of benzene rings is 3. The summed E-state index contributed by atoms with van der Waals surface area (Å²) in [5.74, 6) is -0.447. The van der Waals surface area contributed by atoms with Gasteiger partial charge in [0.25, 0.3) is 0 Å². The van der Waals surface area contributed by atoms with Crippen molar-refractivity contribution in [1.29, 1.82) is 0 Å². The Balaban J connectivity index is 1.92. The average Bonchev–Trinajstić information content (AvgIpc) is 2.89. The summed E-state index contributed by atoms with van der Waals surface area (Å²) >= 11 is 3.51. The Morgan fingerprint density at radius 1 is 0.929 bits per heavy atom. The van der Waals surface area contributed by atoms with Crippen LogP contribution in [0.15, 0.2) is 77.3 Å². The number of aryl methyl sites for hydroxylation is 2. The highest BCUT2D eigenvalue weighted by Crippen LogP contribution is 2.25. The van der Waals surface area contributed by atoms with Crippen LogP contribution in [0.25, 0.3) is 0 Å². The monoisotopic (exact) mass is 655 g/mol. The summed E-state index contributed by atoms with van der Waals surface area (Å²) in [5.41, 5.74) is 3.74. The molecule has 0 saturated carbocycles. The van der Waals surface area contributed by atoms with E-state index < -0.39 is 21.6 Å². The zero-order valence-electron chi connectivity index (χ0n) is 25.4. The molecule has 9 heteroatoms. The van der Waals surface area contributed by atoms with Crippen LogP contribution in [0.2, 0.25) is 0 Å². The number of carbonyl (C=O) groups is 2. The lowest BCUT2D eigenvalue weighted by molar-refractivity contribution is -0.142. The SMILES string of the molecule is Cc1ccc(C)c(N(CCCC(=O)N(Cc2cccc(Br)c2)C(Cc2ccccc2)C(=O)NC(C)(C)C)S(C)(=O)=O)c1. The van der Waals surface area contributed by atoms with Crippen LogP contribution in [0.4, 0.5) is 5.69 Å². The van der Waals surface area contributed by atoms with Gasteiger partial charge in [0.1, 0.15) is 6.04 Å². The first-order chi connectivity index (χ1) is 19.6. The van der Waals surface area contributed by atoms with Gasteiger partial charge in [0.2, 0.25) is 21.8 Å². The van der Waals surface area contributed by atoms with Crippen LogP contribution < -0.4 is 9.62 Å². The molecule has 0 aliphatic heterocycles. The molecule has 0 saturated heterocycles. The van der Waals surface area contributed by atoms with Crippen molar-refractivity contribution in [2.24, 2.45) is 0 Å². The Bertz CT molecular complexity index is 1490. The summed E-state index contributed by atoms with van der Waals surface area (Å²) in [4.78, 5) is 29.4. The number of amides is 2. The van der Waals surface area contributed by atoms with Crippen molar-refractivity contribution in [2.45, 2.75) is 72.0 Å². The molecule has 0 radical (unpaired) electrons. The van der Waals surface area contributed by atoms with E-state index in [9.17, 15) is 18.0 Å². The predicted octanol–water partition coefficient (Wildman–Crippen LogP) is 6.17. The molecule has 2 amide bonds. The Hall–Kier alpha value is -3.17. The van der Waals surface area contributed by atoms with Gasteiger partial charge in [-0.25, -0.2) is 8.42 Å². The summed E-state index contributed by atoms with van der Waals surface area (Å²) in [6, 6.07) is 22.3.